The van der Waals surface area contributed by atoms with Crippen LogP contribution >= 0.6 is 0 Å². The van der Waals surface area contributed by atoms with Gasteiger partial charge in [0.25, 0.3) is 0 Å². The minimum Gasteiger partial charge on any atom is -0.367 e. The molecule has 0 spiro atoms. The maximum absolute atomic E-state index is 15.1. The molecule has 0 aliphatic carbocycles. The Balaban J connectivity index is 1.83. The number of aryl methyl sites for hydroxylation is 3. The molecule has 0 unspecified atom stereocenters. The Morgan fingerprint density at radius 1 is 0.969 bits per heavy atom. The molecule has 0 saturated carbocycles. The average Bonchev–Trinajstić information content (AvgIpc) is 2.75. The first-order chi connectivity index (χ1) is 15.1. The summed E-state index contributed by atoms with van der Waals surface area (Å²) in [7, 11) is -2.37. The van der Waals surface area contributed by atoms with E-state index in [9.17, 15) is 13.2 Å². The molecule has 170 valence electrons. The number of hydrogen-bond donors (Lipinski definition) is 0. The standard InChI is InChI=1S/C24H28FN3O3S/c1-5-27-6-8-28(9-7-27)22-14-21-19(13-20(22)25)24(29)23(15-26(21)4)32(30,31)18-11-16(2)10-17(3)12-18/h10-15H,5-9H2,1-4H3. The fourth-order valence-electron chi connectivity index (χ4n) is 4.42. The van der Waals surface area contributed by atoms with Crippen LogP contribution < -0.4 is 10.3 Å². The fraction of sp³-hybridized carbons (Fsp3) is 0.375. The van der Waals surface area contributed by atoms with Gasteiger partial charge in [0, 0.05) is 39.4 Å². The molecule has 3 aromatic rings. The molecule has 8 heteroatoms. The summed E-state index contributed by atoms with van der Waals surface area (Å²) in [6, 6.07) is 7.80. The minimum absolute atomic E-state index is 0.0615. The zero-order valence-corrected chi connectivity index (χ0v) is 19.7. The Bertz CT molecular complexity index is 1340. The highest BCUT2D eigenvalue weighted by Crippen LogP contribution is 2.28. The first-order valence-corrected chi connectivity index (χ1v) is 12.2. The quantitative estimate of drug-likeness (QED) is 0.602. The van der Waals surface area contributed by atoms with E-state index in [1.54, 1.807) is 29.8 Å². The van der Waals surface area contributed by atoms with Crippen LogP contribution in [0.15, 0.2) is 51.1 Å². The second-order valence-corrected chi connectivity index (χ2v) is 10.4. The summed E-state index contributed by atoms with van der Waals surface area (Å²) in [5, 5.41) is 0.0615. The Hall–Kier alpha value is -2.71. The van der Waals surface area contributed by atoms with Crippen molar-refractivity contribution in [2.75, 3.05) is 37.6 Å². The van der Waals surface area contributed by atoms with E-state index in [1.807, 2.05) is 24.8 Å². The Labute approximate surface area is 187 Å². The smallest absolute Gasteiger partial charge is 0.211 e. The molecule has 1 fully saturated rings. The average molecular weight is 458 g/mol. The van der Waals surface area contributed by atoms with Gasteiger partial charge in [-0.1, -0.05) is 13.0 Å². The molecular weight excluding hydrogens is 429 g/mol. The third-order valence-corrected chi connectivity index (χ3v) is 7.91. The molecule has 4 rings (SSSR count). The van der Waals surface area contributed by atoms with Gasteiger partial charge in [-0.05, 0) is 55.8 Å². The first-order valence-electron chi connectivity index (χ1n) is 10.8. The SMILES string of the molecule is CCN1CCN(c2cc3c(cc2F)c(=O)c(S(=O)(=O)c2cc(C)cc(C)c2)cn3C)CC1. The van der Waals surface area contributed by atoms with E-state index in [1.165, 1.54) is 12.3 Å². The number of benzene rings is 2. The molecule has 1 aliphatic heterocycles. The predicted molar refractivity (Wildman–Crippen MR) is 125 cm³/mol. The third-order valence-electron chi connectivity index (χ3n) is 6.18. The summed E-state index contributed by atoms with van der Waals surface area (Å²) in [5.74, 6) is -0.513. The number of rotatable bonds is 4. The van der Waals surface area contributed by atoms with Gasteiger partial charge in [0.1, 0.15) is 10.7 Å². The molecule has 0 amide bonds. The van der Waals surface area contributed by atoms with Crippen LogP contribution in [-0.2, 0) is 16.9 Å². The van der Waals surface area contributed by atoms with Gasteiger partial charge in [-0.25, -0.2) is 12.8 Å². The monoisotopic (exact) mass is 457 g/mol. The number of fused-ring (bicyclic) bond motifs is 1. The van der Waals surface area contributed by atoms with Crippen LogP contribution in [0.5, 0.6) is 0 Å². The van der Waals surface area contributed by atoms with Crippen molar-refractivity contribution in [2.24, 2.45) is 7.05 Å². The van der Waals surface area contributed by atoms with Gasteiger partial charge in [-0.3, -0.25) is 4.79 Å². The third kappa shape index (κ3) is 3.93. The van der Waals surface area contributed by atoms with Crippen LogP contribution in [0, 0.1) is 19.7 Å². The molecule has 0 radical (unpaired) electrons. The van der Waals surface area contributed by atoms with Crippen LogP contribution in [0.3, 0.4) is 0 Å². The van der Waals surface area contributed by atoms with E-state index in [2.05, 4.69) is 11.8 Å². The number of sulfone groups is 1. The van der Waals surface area contributed by atoms with Crippen LogP contribution in [0.25, 0.3) is 10.9 Å². The molecule has 1 aliphatic rings. The molecule has 6 nitrogen and oxygen atoms in total. The number of halogens is 1. The highest BCUT2D eigenvalue weighted by Gasteiger charge is 2.26. The van der Waals surface area contributed by atoms with Gasteiger partial charge in [0.15, 0.2) is 0 Å². The van der Waals surface area contributed by atoms with Crippen LogP contribution in [-0.4, -0.2) is 50.6 Å². The number of anilines is 1. The Morgan fingerprint density at radius 2 is 1.59 bits per heavy atom. The van der Waals surface area contributed by atoms with Gasteiger partial charge in [-0.15, -0.1) is 0 Å². The molecule has 1 saturated heterocycles. The number of aromatic nitrogens is 1. The molecule has 2 heterocycles. The lowest BCUT2D eigenvalue weighted by Gasteiger charge is -2.35. The van der Waals surface area contributed by atoms with Gasteiger partial charge >= 0.3 is 0 Å². The summed E-state index contributed by atoms with van der Waals surface area (Å²) >= 11 is 0. The lowest BCUT2D eigenvalue weighted by molar-refractivity contribution is 0.270. The van der Waals surface area contributed by atoms with E-state index in [0.29, 0.717) is 24.3 Å². The summed E-state index contributed by atoms with van der Waals surface area (Å²) in [6.07, 6.45) is 1.34. The molecular formula is C24H28FN3O3S. The van der Waals surface area contributed by atoms with Crippen molar-refractivity contribution < 1.29 is 12.8 Å². The molecule has 0 N–H and O–H groups in total. The molecule has 0 bridgehead atoms. The molecule has 0 atom stereocenters. The van der Waals surface area contributed by atoms with Gasteiger partial charge in [-0.2, -0.15) is 0 Å². The summed E-state index contributed by atoms with van der Waals surface area (Å²) in [6.45, 7) is 9.77. The van der Waals surface area contributed by atoms with E-state index in [4.69, 9.17) is 0 Å². The number of likely N-dealkylation sites (N-methyl/N-ethyl adjacent to an activating group) is 1. The van der Waals surface area contributed by atoms with Crippen molar-refractivity contribution in [1.29, 1.82) is 0 Å². The van der Waals surface area contributed by atoms with E-state index < -0.39 is 21.1 Å². The lowest BCUT2D eigenvalue weighted by atomic mass is 10.1. The van der Waals surface area contributed by atoms with Crippen LogP contribution in [0.4, 0.5) is 10.1 Å². The van der Waals surface area contributed by atoms with E-state index in [0.717, 1.165) is 30.8 Å². The summed E-state index contributed by atoms with van der Waals surface area (Å²) < 4.78 is 43.3. The minimum atomic E-state index is -4.05. The Kier molecular flexibility index (Phi) is 5.85. The topological polar surface area (TPSA) is 62.6 Å². The van der Waals surface area contributed by atoms with Crippen molar-refractivity contribution in [2.45, 2.75) is 30.6 Å². The van der Waals surface area contributed by atoms with Gasteiger partial charge in [0.05, 0.1) is 21.5 Å². The summed E-state index contributed by atoms with van der Waals surface area (Å²) in [4.78, 5) is 17.2. The number of hydrogen-bond acceptors (Lipinski definition) is 5. The number of piperazine rings is 1. The number of pyridine rings is 1. The normalized spacial score (nSPS) is 15.5. The van der Waals surface area contributed by atoms with Crippen molar-refractivity contribution in [3.63, 3.8) is 0 Å². The van der Waals surface area contributed by atoms with Gasteiger partial charge < -0.3 is 14.4 Å². The van der Waals surface area contributed by atoms with Crippen molar-refractivity contribution in [3.05, 3.63) is 63.7 Å². The fourth-order valence-corrected chi connectivity index (χ4v) is 6.00. The van der Waals surface area contributed by atoms with E-state index in [-0.39, 0.29) is 15.2 Å². The zero-order chi connectivity index (χ0) is 23.2. The number of nitrogens with zero attached hydrogens (tertiary/aromatic N) is 3. The largest absolute Gasteiger partial charge is 0.367 e. The molecule has 2 aromatic carbocycles. The van der Waals surface area contributed by atoms with Gasteiger partial charge in [0.2, 0.25) is 15.3 Å². The Morgan fingerprint density at radius 3 is 2.19 bits per heavy atom. The summed E-state index contributed by atoms with van der Waals surface area (Å²) in [5.41, 5.74) is 1.84. The maximum Gasteiger partial charge on any atom is 0.211 e. The second-order valence-electron chi connectivity index (χ2n) is 8.50. The second kappa shape index (κ2) is 8.33. The zero-order valence-electron chi connectivity index (χ0n) is 18.9. The highest BCUT2D eigenvalue weighted by molar-refractivity contribution is 7.91. The maximum atomic E-state index is 15.1. The molecule has 32 heavy (non-hydrogen) atoms. The van der Waals surface area contributed by atoms with Crippen LogP contribution in [0.1, 0.15) is 18.1 Å². The van der Waals surface area contributed by atoms with Crippen LogP contribution in [0.2, 0.25) is 0 Å². The van der Waals surface area contributed by atoms with Crippen molar-refractivity contribution in [1.82, 2.24) is 9.47 Å². The lowest BCUT2D eigenvalue weighted by Crippen LogP contribution is -2.46. The predicted octanol–water partition coefficient (Wildman–Crippen LogP) is 3.27. The van der Waals surface area contributed by atoms with E-state index >= 15 is 4.39 Å². The highest BCUT2D eigenvalue weighted by atomic mass is 32.2. The first kappa shape index (κ1) is 22.5. The van der Waals surface area contributed by atoms with Crippen molar-refractivity contribution >= 4 is 26.4 Å². The molecule has 1 aromatic heterocycles. The van der Waals surface area contributed by atoms with Crippen molar-refractivity contribution in [3.8, 4) is 0 Å².